The summed E-state index contributed by atoms with van der Waals surface area (Å²) in [4.78, 5) is 26.4. The second-order valence-electron chi connectivity index (χ2n) is 7.16. The van der Waals surface area contributed by atoms with E-state index >= 15 is 0 Å². The first-order chi connectivity index (χ1) is 12.2. The van der Waals surface area contributed by atoms with Crippen LogP contribution in [0.15, 0.2) is 24.3 Å². The number of urea groups is 1. The third-order valence-corrected chi connectivity index (χ3v) is 5.50. The average molecular weight is 343 g/mol. The number of nitrogens with one attached hydrogen (secondary N) is 2. The second kappa shape index (κ2) is 8.37. The van der Waals surface area contributed by atoms with Gasteiger partial charge in [0.05, 0.1) is 0 Å². The highest BCUT2D eigenvalue weighted by Crippen LogP contribution is 2.35. The van der Waals surface area contributed by atoms with Gasteiger partial charge in [0.1, 0.15) is 0 Å². The molecule has 1 aromatic carbocycles. The van der Waals surface area contributed by atoms with Crippen LogP contribution in [-0.2, 0) is 6.54 Å². The summed E-state index contributed by atoms with van der Waals surface area (Å²) in [7, 11) is 0. The highest BCUT2D eigenvalue weighted by Gasteiger charge is 2.35. The van der Waals surface area contributed by atoms with E-state index in [0.29, 0.717) is 30.6 Å². The molecule has 1 heterocycles. The molecule has 2 fully saturated rings. The quantitative estimate of drug-likeness (QED) is 0.862. The number of hydrogen-bond donors (Lipinski definition) is 2. The van der Waals surface area contributed by atoms with Crippen LogP contribution in [-0.4, -0.2) is 36.0 Å². The summed E-state index contributed by atoms with van der Waals surface area (Å²) in [5.41, 5.74) is 1.66. The molecule has 2 N–H and O–H groups in total. The number of carbonyl (C=O) groups excluding carboxylic acids is 2. The third-order valence-electron chi connectivity index (χ3n) is 5.50. The molecule has 0 spiro atoms. The molecule has 1 aliphatic heterocycles. The second-order valence-corrected chi connectivity index (χ2v) is 7.16. The van der Waals surface area contributed by atoms with Crippen molar-refractivity contribution in [3.8, 4) is 0 Å². The standard InChI is InChI=1S/C20H29N3O2/c1-2-21-19(24)17-11-9-15(10-12-17)14-22-20(25)23-13-5-8-18(23)16-6-3-4-7-16/h9-12,16,18H,2-8,13-14H2,1H3,(H,21,24)(H,22,25). The van der Waals surface area contributed by atoms with Crippen molar-refractivity contribution in [2.45, 2.75) is 58.0 Å². The van der Waals surface area contributed by atoms with Crippen molar-refractivity contribution >= 4 is 11.9 Å². The summed E-state index contributed by atoms with van der Waals surface area (Å²) in [6, 6.07) is 7.92. The van der Waals surface area contributed by atoms with E-state index in [1.807, 2.05) is 31.2 Å². The zero-order chi connectivity index (χ0) is 17.6. The fourth-order valence-electron chi connectivity index (χ4n) is 4.19. The lowest BCUT2D eigenvalue weighted by atomic mass is 9.96. The van der Waals surface area contributed by atoms with E-state index in [-0.39, 0.29) is 11.9 Å². The average Bonchev–Trinajstić information content (AvgIpc) is 3.31. The molecule has 5 nitrogen and oxygen atoms in total. The van der Waals surface area contributed by atoms with Crippen molar-refractivity contribution < 1.29 is 9.59 Å². The van der Waals surface area contributed by atoms with E-state index in [0.717, 1.165) is 24.9 Å². The van der Waals surface area contributed by atoms with Crippen LogP contribution in [0, 0.1) is 5.92 Å². The third kappa shape index (κ3) is 4.33. The van der Waals surface area contributed by atoms with Gasteiger partial charge in [-0.1, -0.05) is 25.0 Å². The Hall–Kier alpha value is -2.04. The summed E-state index contributed by atoms with van der Waals surface area (Å²) in [5, 5.41) is 5.84. The van der Waals surface area contributed by atoms with Crippen molar-refractivity contribution in [2.75, 3.05) is 13.1 Å². The molecule has 1 unspecified atom stereocenters. The Bertz CT molecular complexity index is 593. The molecule has 1 saturated heterocycles. The van der Waals surface area contributed by atoms with Gasteiger partial charge in [-0.3, -0.25) is 4.79 Å². The number of benzene rings is 1. The first-order valence-electron chi connectivity index (χ1n) is 9.60. The molecule has 3 rings (SSSR count). The Morgan fingerprint density at radius 1 is 1.04 bits per heavy atom. The van der Waals surface area contributed by atoms with Gasteiger partial charge in [0.15, 0.2) is 0 Å². The number of amides is 3. The van der Waals surface area contributed by atoms with Gasteiger partial charge in [0.25, 0.3) is 5.91 Å². The van der Waals surface area contributed by atoms with Gasteiger partial charge >= 0.3 is 6.03 Å². The van der Waals surface area contributed by atoms with Gasteiger partial charge in [-0.15, -0.1) is 0 Å². The summed E-state index contributed by atoms with van der Waals surface area (Å²) in [5.74, 6) is 0.638. The molecule has 1 aliphatic carbocycles. The van der Waals surface area contributed by atoms with E-state index in [2.05, 4.69) is 15.5 Å². The monoisotopic (exact) mass is 343 g/mol. The lowest BCUT2D eigenvalue weighted by Crippen LogP contribution is -2.45. The minimum atomic E-state index is -0.0606. The van der Waals surface area contributed by atoms with Crippen LogP contribution in [0.4, 0.5) is 4.79 Å². The predicted molar refractivity (Wildman–Crippen MR) is 98.4 cm³/mol. The van der Waals surface area contributed by atoms with E-state index < -0.39 is 0 Å². The van der Waals surface area contributed by atoms with Crippen LogP contribution >= 0.6 is 0 Å². The number of carbonyl (C=O) groups is 2. The number of nitrogens with zero attached hydrogens (tertiary/aromatic N) is 1. The lowest BCUT2D eigenvalue weighted by molar-refractivity contribution is 0.0955. The van der Waals surface area contributed by atoms with Crippen molar-refractivity contribution in [1.29, 1.82) is 0 Å². The smallest absolute Gasteiger partial charge is 0.317 e. The maximum atomic E-state index is 12.6. The fourth-order valence-corrected chi connectivity index (χ4v) is 4.19. The van der Waals surface area contributed by atoms with Crippen LogP contribution in [0.3, 0.4) is 0 Å². The molecule has 25 heavy (non-hydrogen) atoms. The molecule has 0 radical (unpaired) electrons. The maximum absolute atomic E-state index is 12.6. The van der Waals surface area contributed by atoms with Crippen LogP contribution in [0.1, 0.15) is 61.4 Å². The molecular weight excluding hydrogens is 314 g/mol. The first-order valence-corrected chi connectivity index (χ1v) is 9.60. The van der Waals surface area contributed by atoms with Gasteiger partial charge < -0.3 is 15.5 Å². The van der Waals surface area contributed by atoms with Crippen molar-refractivity contribution in [3.63, 3.8) is 0 Å². The van der Waals surface area contributed by atoms with Gasteiger partial charge in [0, 0.05) is 31.2 Å². The van der Waals surface area contributed by atoms with Gasteiger partial charge in [-0.05, 0) is 56.2 Å². The largest absolute Gasteiger partial charge is 0.352 e. The number of rotatable bonds is 5. The van der Waals surface area contributed by atoms with Crippen molar-refractivity contribution in [1.82, 2.24) is 15.5 Å². The summed E-state index contributed by atoms with van der Waals surface area (Å²) in [6.45, 7) is 3.90. The Morgan fingerprint density at radius 3 is 2.44 bits per heavy atom. The van der Waals surface area contributed by atoms with Crippen molar-refractivity contribution in [3.05, 3.63) is 35.4 Å². The van der Waals surface area contributed by atoms with Gasteiger partial charge in [0.2, 0.25) is 0 Å². The van der Waals surface area contributed by atoms with Crippen LogP contribution < -0.4 is 10.6 Å². The van der Waals surface area contributed by atoms with Crippen LogP contribution in [0.5, 0.6) is 0 Å². The van der Waals surface area contributed by atoms with Gasteiger partial charge in [-0.25, -0.2) is 4.79 Å². The zero-order valence-electron chi connectivity index (χ0n) is 15.1. The number of likely N-dealkylation sites (tertiary alicyclic amines) is 1. The topological polar surface area (TPSA) is 61.4 Å². The summed E-state index contributed by atoms with van der Waals surface area (Å²) >= 11 is 0. The first kappa shape index (κ1) is 17.8. The molecule has 136 valence electrons. The Kier molecular flexibility index (Phi) is 5.95. The summed E-state index contributed by atoms with van der Waals surface area (Å²) in [6.07, 6.45) is 7.45. The predicted octanol–water partition coefficient (Wildman–Crippen LogP) is 3.30. The molecule has 5 heteroatoms. The van der Waals surface area contributed by atoms with E-state index in [1.165, 1.54) is 25.7 Å². The summed E-state index contributed by atoms with van der Waals surface area (Å²) < 4.78 is 0. The molecule has 3 amide bonds. The SMILES string of the molecule is CCNC(=O)c1ccc(CNC(=O)N2CCCC2C2CCCC2)cc1. The molecular formula is C20H29N3O2. The zero-order valence-corrected chi connectivity index (χ0v) is 15.1. The Morgan fingerprint density at radius 2 is 1.76 bits per heavy atom. The maximum Gasteiger partial charge on any atom is 0.317 e. The molecule has 1 saturated carbocycles. The minimum Gasteiger partial charge on any atom is -0.352 e. The van der Waals surface area contributed by atoms with E-state index in [9.17, 15) is 9.59 Å². The normalized spacial score (nSPS) is 20.7. The van der Waals surface area contributed by atoms with Gasteiger partial charge in [-0.2, -0.15) is 0 Å². The van der Waals surface area contributed by atoms with E-state index in [4.69, 9.17) is 0 Å². The highest BCUT2D eigenvalue weighted by atomic mass is 16.2. The van der Waals surface area contributed by atoms with Crippen LogP contribution in [0.2, 0.25) is 0 Å². The van der Waals surface area contributed by atoms with Crippen molar-refractivity contribution in [2.24, 2.45) is 5.92 Å². The van der Waals surface area contributed by atoms with E-state index in [1.54, 1.807) is 0 Å². The highest BCUT2D eigenvalue weighted by molar-refractivity contribution is 5.94. The molecule has 2 aliphatic rings. The molecule has 1 atom stereocenters. The minimum absolute atomic E-state index is 0.0576. The lowest BCUT2D eigenvalue weighted by Gasteiger charge is -2.29. The molecule has 1 aromatic rings. The fraction of sp³-hybridized carbons (Fsp3) is 0.600. The Balaban J connectivity index is 1.52. The number of hydrogen-bond acceptors (Lipinski definition) is 2. The molecule has 0 aromatic heterocycles. The molecule has 0 bridgehead atoms. The van der Waals surface area contributed by atoms with Crippen LogP contribution in [0.25, 0.3) is 0 Å². The Labute approximate surface area is 150 Å².